The maximum atomic E-state index is 4.40. The first-order chi connectivity index (χ1) is 7.26. The van der Waals surface area contributed by atoms with Crippen LogP contribution in [-0.2, 0) is 0 Å². The summed E-state index contributed by atoms with van der Waals surface area (Å²) in [4.78, 5) is 5.53. The van der Waals surface area contributed by atoms with Crippen LogP contribution < -0.4 is 0 Å². The third kappa shape index (κ3) is 4.58. The average Bonchev–Trinajstić information content (AvgIpc) is 2.23. The molecule has 3 heteroatoms. The van der Waals surface area contributed by atoms with E-state index in [0.717, 1.165) is 27.1 Å². The molecule has 79 valence electrons. The molecule has 0 saturated carbocycles. The van der Waals surface area contributed by atoms with Crippen LogP contribution in [0.1, 0.15) is 5.69 Å². The van der Waals surface area contributed by atoms with Gasteiger partial charge in [-0.1, -0.05) is 12.2 Å². The second-order valence-corrected chi connectivity index (χ2v) is 4.96. The molecule has 0 aliphatic heterocycles. The normalized spacial score (nSPS) is 9.93. The van der Waals surface area contributed by atoms with Gasteiger partial charge < -0.3 is 0 Å². The first-order valence-corrected chi connectivity index (χ1v) is 6.61. The fourth-order valence-corrected chi connectivity index (χ4v) is 2.44. The number of aromatic nitrogens is 1. The van der Waals surface area contributed by atoms with Gasteiger partial charge in [0.2, 0.25) is 0 Å². The minimum absolute atomic E-state index is 0.874. The molecule has 0 atom stereocenters. The summed E-state index contributed by atoms with van der Waals surface area (Å²) >= 11 is 3.39. The number of pyridine rings is 1. The zero-order valence-corrected chi connectivity index (χ0v) is 10.5. The molecule has 0 bridgehead atoms. The molecule has 1 radical (unpaired) electrons. The summed E-state index contributed by atoms with van der Waals surface area (Å²) in [5.41, 5.74) is 1.03. The van der Waals surface area contributed by atoms with Crippen LogP contribution in [0.4, 0.5) is 0 Å². The molecule has 0 amide bonds. The summed E-state index contributed by atoms with van der Waals surface area (Å²) < 4.78 is 0. The monoisotopic (exact) mass is 236 g/mol. The molecule has 15 heavy (non-hydrogen) atoms. The van der Waals surface area contributed by atoms with Crippen molar-refractivity contribution >= 4 is 23.5 Å². The first-order valence-electron chi connectivity index (χ1n) is 4.64. The molecule has 0 N–H and O–H groups in total. The van der Waals surface area contributed by atoms with Crippen molar-refractivity contribution in [3.8, 4) is 0 Å². The minimum atomic E-state index is 0.874. The van der Waals surface area contributed by atoms with Gasteiger partial charge in [0.1, 0.15) is 5.03 Å². The molecule has 1 aromatic heterocycles. The van der Waals surface area contributed by atoms with E-state index in [9.17, 15) is 0 Å². The Morgan fingerprint density at radius 1 is 1.33 bits per heavy atom. The Labute approximate surface area is 100 Å². The maximum Gasteiger partial charge on any atom is 0.106 e. The number of hydrogen-bond donors (Lipinski definition) is 0. The highest BCUT2D eigenvalue weighted by atomic mass is 32.2. The zero-order chi connectivity index (χ0) is 11.1. The van der Waals surface area contributed by atoms with Crippen LogP contribution in [0.5, 0.6) is 0 Å². The predicted molar refractivity (Wildman–Crippen MR) is 69.7 cm³/mol. The maximum absolute atomic E-state index is 4.40. The van der Waals surface area contributed by atoms with Crippen LogP contribution >= 0.6 is 23.5 Å². The summed E-state index contributed by atoms with van der Waals surface area (Å²) in [5.74, 6) is 1.78. The van der Waals surface area contributed by atoms with Gasteiger partial charge >= 0.3 is 0 Å². The Bertz CT molecular complexity index is 317. The Balaban J connectivity index is 2.74. The Hall–Kier alpha value is -0.670. The topological polar surface area (TPSA) is 12.9 Å². The van der Waals surface area contributed by atoms with Gasteiger partial charge in [0.15, 0.2) is 0 Å². The highest BCUT2D eigenvalue weighted by Gasteiger charge is 2.01. The lowest BCUT2D eigenvalue weighted by molar-refractivity contribution is 1.02. The Morgan fingerprint density at radius 3 is 2.67 bits per heavy atom. The van der Waals surface area contributed by atoms with Crippen molar-refractivity contribution < 1.29 is 0 Å². The zero-order valence-electron chi connectivity index (χ0n) is 8.82. The fraction of sp³-hybridized carbons (Fsp3) is 0.250. The highest BCUT2D eigenvalue weighted by molar-refractivity contribution is 8.00. The van der Waals surface area contributed by atoms with Crippen molar-refractivity contribution in [1.29, 1.82) is 0 Å². The second-order valence-electron chi connectivity index (χ2n) is 2.89. The molecule has 1 heterocycles. The van der Waals surface area contributed by atoms with Crippen molar-refractivity contribution in [2.24, 2.45) is 0 Å². The lowest BCUT2D eigenvalue weighted by Crippen LogP contribution is -1.88. The highest BCUT2D eigenvalue weighted by Crippen LogP contribution is 2.23. The van der Waals surface area contributed by atoms with Crippen molar-refractivity contribution in [2.45, 2.75) is 16.8 Å². The van der Waals surface area contributed by atoms with Gasteiger partial charge in [0.05, 0.1) is 0 Å². The minimum Gasteiger partial charge on any atom is -0.246 e. The Kier molecular flexibility index (Phi) is 5.58. The second kappa shape index (κ2) is 6.75. The third-order valence-electron chi connectivity index (χ3n) is 1.54. The largest absolute Gasteiger partial charge is 0.246 e. The van der Waals surface area contributed by atoms with E-state index in [1.54, 1.807) is 23.5 Å². The van der Waals surface area contributed by atoms with Gasteiger partial charge in [0.25, 0.3) is 0 Å². The van der Waals surface area contributed by atoms with Crippen molar-refractivity contribution in [3.63, 3.8) is 0 Å². The quantitative estimate of drug-likeness (QED) is 0.551. The van der Waals surface area contributed by atoms with Crippen LogP contribution in [0.3, 0.4) is 0 Å². The predicted octanol–water partition coefficient (Wildman–Crippen LogP) is 3.75. The molecular weight excluding hydrogens is 222 g/mol. The van der Waals surface area contributed by atoms with E-state index >= 15 is 0 Å². The molecule has 1 rings (SSSR count). The van der Waals surface area contributed by atoms with Gasteiger partial charge in [0, 0.05) is 28.2 Å². The van der Waals surface area contributed by atoms with E-state index in [2.05, 4.69) is 24.2 Å². The van der Waals surface area contributed by atoms with E-state index in [4.69, 9.17) is 0 Å². The average molecular weight is 236 g/mol. The number of nitrogens with zero attached hydrogens (tertiary/aromatic N) is 1. The van der Waals surface area contributed by atoms with E-state index in [1.807, 2.05) is 25.1 Å². The van der Waals surface area contributed by atoms with Gasteiger partial charge in [-0.15, -0.1) is 36.7 Å². The van der Waals surface area contributed by atoms with Gasteiger partial charge in [-0.2, -0.15) is 0 Å². The summed E-state index contributed by atoms with van der Waals surface area (Å²) in [6.07, 6.45) is 3.77. The molecule has 1 nitrogen and oxygen atoms in total. The molecule has 0 aromatic carbocycles. The molecule has 0 spiro atoms. The van der Waals surface area contributed by atoms with Crippen LogP contribution in [0, 0.1) is 13.0 Å². The van der Waals surface area contributed by atoms with E-state index in [-0.39, 0.29) is 0 Å². The van der Waals surface area contributed by atoms with E-state index < -0.39 is 0 Å². The van der Waals surface area contributed by atoms with E-state index in [0.29, 0.717) is 0 Å². The van der Waals surface area contributed by atoms with Crippen molar-refractivity contribution in [3.05, 3.63) is 43.1 Å². The van der Waals surface area contributed by atoms with Gasteiger partial charge in [-0.3, -0.25) is 0 Å². The molecular formula is C12H14NS2. The van der Waals surface area contributed by atoms with Crippen LogP contribution in [-0.4, -0.2) is 16.5 Å². The Morgan fingerprint density at radius 2 is 2.00 bits per heavy atom. The summed E-state index contributed by atoms with van der Waals surface area (Å²) in [6, 6.07) is 5.32. The first kappa shape index (κ1) is 12.4. The lowest BCUT2D eigenvalue weighted by Gasteiger charge is -2.03. The van der Waals surface area contributed by atoms with Crippen molar-refractivity contribution in [1.82, 2.24) is 4.98 Å². The third-order valence-corrected chi connectivity index (χ3v) is 3.35. The smallest absolute Gasteiger partial charge is 0.106 e. The SMILES string of the molecule is C=CCSc1[c]c(SCC=C)nc(C)c1. The summed E-state index contributed by atoms with van der Waals surface area (Å²) in [7, 11) is 0. The number of rotatable bonds is 6. The number of thioether (sulfide) groups is 2. The van der Waals surface area contributed by atoms with Crippen LogP contribution in [0.25, 0.3) is 0 Å². The fourth-order valence-electron chi connectivity index (χ4n) is 0.984. The molecule has 0 fully saturated rings. The number of hydrogen-bond acceptors (Lipinski definition) is 3. The van der Waals surface area contributed by atoms with Gasteiger partial charge in [-0.05, 0) is 13.0 Å². The molecule has 0 aliphatic carbocycles. The summed E-state index contributed by atoms with van der Waals surface area (Å²) in [5, 5.41) is 0.946. The van der Waals surface area contributed by atoms with Crippen LogP contribution in [0.15, 0.2) is 41.3 Å². The molecule has 0 unspecified atom stereocenters. The standard InChI is InChI=1S/C12H14NS2/c1-4-6-14-11-8-10(3)13-12(9-11)15-7-5-2/h4-5,8H,1-2,6-7H2,3H3. The number of aryl methyl sites for hydroxylation is 1. The van der Waals surface area contributed by atoms with Crippen molar-refractivity contribution in [2.75, 3.05) is 11.5 Å². The molecule has 1 aromatic rings. The summed E-state index contributed by atoms with van der Waals surface area (Å²) in [6.45, 7) is 9.39. The van der Waals surface area contributed by atoms with Gasteiger partial charge in [-0.25, -0.2) is 4.98 Å². The van der Waals surface area contributed by atoms with Crippen LogP contribution in [0.2, 0.25) is 0 Å². The molecule has 0 saturated heterocycles. The molecule has 0 aliphatic rings. The lowest BCUT2D eigenvalue weighted by atomic mass is 10.4. The van der Waals surface area contributed by atoms with E-state index in [1.165, 1.54) is 0 Å².